The molecule has 2 aliphatic heterocycles. The molecule has 0 bridgehead atoms. The van der Waals surface area contributed by atoms with E-state index in [0.29, 0.717) is 17.8 Å². The Kier molecular flexibility index (Phi) is 7.02. The Hall–Kier alpha value is -2.97. The molecule has 1 N–H and O–H groups in total. The summed E-state index contributed by atoms with van der Waals surface area (Å²) in [5, 5.41) is 14.5. The third kappa shape index (κ3) is 5.44. The van der Waals surface area contributed by atoms with E-state index >= 15 is 0 Å². The van der Waals surface area contributed by atoms with Crippen molar-refractivity contribution in [2.75, 3.05) is 51.2 Å². The van der Waals surface area contributed by atoms with Crippen molar-refractivity contribution < 1.29 is 9.72 Å². The van der Waals surface area contributed by atoms with Gasteiger partial charge in [-0.3, -0.25) is 19.8 Å². The second kappa shape index (κ2) is 10.1. The topological polar surface area (TPSA) is 82.0 Å². The summed E-state index contributed by atoms with van der Waals surface area (Å²) in [6.45, 7) is 7.20. The van der Waals surface area contributed by atoms with Gasteiger partial charge in [0.05, 0.1) is 4.92 Å². The molecule has 2 aromatic carbocycles. The third-order valence-electron chi connectivity index (χ3n) is 6.33. The largest absolute Gasteiger partial charge is 0.366 e. The third-order valence-corrected chi connectivity index (χ3v) is 6.33. The number of nitrogens with one attached hydrogen (secondary N) is 1. The minimum atomic E-state index is -0.397. The van der Waals surface area contributed by atoms with E-state index in [1.54, 1.807) is 12.1 Å². The monoisotopic (exact) mass is 437 g/mol. The number of rotatable bonds is 7. The molecule has 8 heteroatoms. The summed E-state index contributed by atoms with van der Waals surface area (Å²) in [7, 11) is 2.15. The average molecular weight is 438 g/mol. The SMILES string of the molecule is CN1CCN(Cc2cccc(CNC(=O)c3ccc(N4CCCC4)c([N+](=O)[O-])c3)c2)CC1. The highest BCUT2D eigenvalue weighted by molar-refractivity contribution is 5.95. The van der Waals surface area contributed by atoms with Crippen LogP contribution in [0.1, 0.15) is 34.3 Å². The maximum absolute atomic E-state index is 12.7. The Morgan fingerprint density at radius 2 is 1.72 bits per heavy atom. The molecule has 2 heterocycles. The average Bonchev–Trinajstić information content (AvgIpc) is 3.34. The highest BCUT2D eigenvalue weighted by Gasteiger charge is 2.24. The van der Waals surface area contributed by atoms with Gasteiger partial charge >= 0.3 is 0 Å². The highest BCUT2D eigenvalue weighted by atomic mass is 16.6. The van der Waals surface area contributed by atoms with Crippen LogP contribution in [0.2, 0.25) is 0 Å². The van der Waals surface area contributed by atoms with Gasteiger partial charge in [-0.15, -0.1) is 0 Å². The zero-order valence-corrected chi connectivity index (χ0v) is 18.6. The molecule has 2 aromatic rings. The van der Waals surface area contributed by atoms with E-state index in [9.17, 15) is 14.9 Å². The standard InChI is InChI=1S/C24H31N5O3/c1-26-11-13-27(14-12-26)18-20-6-4-5-19(15-20)17-25-24(30)21-7-8-22(23(16-21)29(31)32)28-9-2-3-10-28/h4-8,15-16H,2-3,9-14,17-18H2,1H3,(H,25,30). The number of hydrogen-bond acceptors (Lipinski definition) is 6. The first-order valence-electron chi connectivity index (χ1n) is 11.3. The van der Waals surface area contributed by atoms with E-state index in [4.69, 9.17) is 0 Å². The van der Waals surface area contributed by atoms with Crippen molar-refractivity contribution in [2.45, 2.75) is 25.9 Å². The fourth-order valence-electron chi connectivity index (χ4n) is 4.42. The number of likely N-dealkylation sites (N-methyl/N-ethyl adjacent to an activating group) is 1. The van der Waals surface area contributed by atoms with Gasteiger partial charge in [0.2, 0.25) is 0 Å². The van der Waals surface area contributed by atoms with Crippen LogP contribution in [0.25, 0.3) is 0 Å². The van der Waals surface area contributed by atoms with Crippen LogP contribution >= 0.6 is 0 Å². The van der Waals surface area contributed by atoms with Gasteiger partial charge in [-0.1, -0.05) is 24.3 Å². The quantitative estimate of drug-likeness (QED) is 0.530. The maximum Gasteiger partial charge on any atom is 0.293 e. The lowest BCUT2D eigenvalue weighted by molar-refractivity contribution is -0.384. The Morgan fingerprint density at radius 1 is 1.00 bits per heavy atom. The lowest BCUT2D eigenvalue weighted by Crippen LogP contribution is -2.43. The van der Waals surface area contributed by atoms with E-state index in [1.165, 1.54) is 11.6 Å². The molecule has 0 unspecified atom stereocenters. The molecule has 170 valence electrons. The lowest BCUT2D eigenvalue weighted by atomic mass is 10.1. The number of benzene rings is 2. The van der Waals surface area contributed by atoms with E-state index in [0.717, 1.165) is 64.2 Å². The van der Waals surface area contributed by atoms with Gasteiger partial charge < -0.3 is 15.1 Å². The number of hydrogen-bond donors (Lipinski definition) is 1. The number of nitrogens with zero attached hydrogens (tertiary/aromatic N) is 4. The number of nitro benzene ring substituents is 1. The van der Waals surface area contributed by atoms with Crippen molar-refractivity contribution in [1.82, 2.24) is 15.1 Å². The van der Waals surface area contributed by atoms with Gasteiger partial charge in [-0.25, -0.2) is 0 Å². The normalized spacial score (nSPS) is 17.5. The molecule has 8 nitrogen and oxygen atoms in total. The fraction of sp³-hybridized carbons (Fsp3) is 0.458. The molecule has 0 aliphatic carbocycles. The zero-order valence-electron chi connectivity index (χ0n) is 18.6. The Labute approximate surface area is 189 Å². The Morgan fingerprint density at radius 3 is 2.44 bits per heavy atom. The van der Waals surface area contributed by atoms with Gasteiger partial charge in [0.1, 0.15) is 5.69 Å². The maximum atomic E-state index is 12.7. The van der Waals surface area contributed by atoms with Crippen molar-refractivity contribution in [3.05, 3.63) is 69.3 Å². The van der Waals surface area contributed by atoms with Crippen molar-refractivity contribution in [3.8, 4) is 0 Å². The van der Waals surface area contributed by atoms with Crippen LogP contribution in [0, 0.1) is 10.1 Å². The van der Waals surface area contributed by atoms with E-state index in [2.05, 4.69) is 34.3 Å². The molecule has 0 aromatic heterocycles. The Balaban J connectivity index is 1.38. The van der Waals surface area contributed by atoms with Gasteiger partial charge in [0.15, 0.2) is 0 Å². The molecular weight excluding hydrogens is 406 g/mol. The molecule has 0 saturated carbocycles. The summed E-state index contributed by atoms with van der Waals surface area (Å²) < 4.78 is 0. The predicted octanol–water partition coefficient (Wildman–Crippen LogP) is 2.87. The van der Waals surface area contributed by atoms with Gasteiger partial charge in [0, 0.05) is 64.0 Å². The van der Waals surface area contributed by atoms with Gasteiger partial charge in [-0.05, 0) is 43.1 Å². The summed E-state index contributed by atoms with van der Waals surface area (Å²) >= 11 is 0. The predicted molar refractivity (Wildman–Crippen MR) is 125 cm³/mol. The second-order valence-electron chi connectivity index (χ2n) is 8.74. The van der Waals surface area contributed by atoms with Crippen LogP contribution in [-0.2, 0) is 13.1 Å². The summed E-state index contributed by atoms with van der Waals surface area (Å²) in [5.74, 6) is -0.300. The van der Waals surface area contributed by atoms with Crippen molar-refractivity contribution in [3.63, 3.8) is 0 Å². The number of amides is 1. The smallest absolute Gasteiger partial charge is 0.293 e. The van der Waals surface area contributed by atoms with Crippen LogP contribution in [0.4, 0.5) is 11.4 Å². The number of carbonyl (C=O) groups excluding carboxylic acids is 1. The first-order chi connectivity index (χ1) is 15.5. The number of nitro groups is 1. The summed E-state index contributed by atoms with van der Waals surface area (Å²) in [4.78, 5) is 30.7. The summed E-state index contributed by atoms with van der Waals surface area (Å²) in [5.41, 5.74) is 3.16. The Bertz CT molecular complexity index is 966. The molecule has 0 radical (unpaired) electrons. The molecule has 2 fully saturated rings. The molecule has 2 aliphatic rings. The molecule has 0 spiro atoms. The number of piperazine rings is 1. The van der Waals surface area contributed by atoms with Crippen LogP contribution in [-0.4, -0.2) is 66.9 Å². The van der Waals surface area contributed by atoms with E-state index in [-0.39, 0.29) is 11.6 Å². The van der Waals surface area contributed by atoms with Gasteiger partial charge in [-0.2, -0.15) is 0 Å². The molecular formula is C24H31N5O3. The molecule has 2 saturated heterocycles. The highest BCUT2D eigenvalue weighted by Crippen LogP contribution is 2.31. The molecule has 32 heavy (non-hydrogen) atoms. The molecule has 1 amide bonds. The van der Waals surface area contributed by atoms with Gasteiger partial charge in [0.25, 0.3) is 11.6 Å². The minimum Gasteiger partial charge on any atom is -0.366 e. The van der Waals surface area contributed by atoms with Crippen LogP contribution in [0.3, 0.4) is 0 Å². The molecule has 4 rings (SSSR count). The van der Waals surface area contributed by atoms with Crippen LogP contribution < -0.4 is 10.2 Å². The zero-order chi connectivity index (χ0) is 22.5. The van der Waals surface area contributed by atoms with E-state index < -0.39 is 4.92 Å². The number of anilines is 1. The minimum absolute atomic E-state index is 0.00581. The van der Waals surface area contributed by atoms with Crippen molar-refractivity contribution in [1.29, 1.82) is 0 Å². The second-order valence-corrected chi connectivity index (χ2v) is 8.74. The summed E-state index contributed by atoms with van der Waals surface area (Å²) in [6, 6.07) is 13.0. The number of carbonyl (C=O) groups is 1. The summed E-state index contributed by atoms with van der Waals surface area (Å²) in [6.07, 6.45) is 2.07. The van der Waals surface area contributed by atoms with E-state index in [1.807, 2.05) is 17.0 Å². The van der Waals surface area contributed by atoms with Crippen molar-refractivity contribution in [2.24, 2.45) is 0 Å². The van der Waals surface area contributed by atoms with Crippen LogP contribution in [0.15, 0.2) is 42.5 Å². The lowest BCUT2D eigenvalue weighted by Gasteiger charge is -2.32. The fourth-order valence-corrected chi connectivity index (χ4v) is 4.42. The van der Waals surface area contributed by atoms with Crippen LogP contribution in [0.5, 0.6) is 0 Å². The van der Waals surface area contributed by atoms with Crippen molar-refractivity contribution >= 4 is 17.3 Å². The first-order valence-corrected chi connectivity index (χ1v) is 11.3. The first kappa shape index (κ1) is 22.2. The molecule has 0 atom stereocenters.